The topological polar surface area (TPSA) is 56.6 Å². The summed E-state index contributed by atoms with van der Waals surface area (Å²) in [5, 5.41) is 0.570. The minimum Gasteiger partial charge on any atom is -0.495 e. The van der Waals surface area contributed by atoms with Crippen molar-refractivity contribution in [1.82, 2.24) is 9.55 Å². The smallest absolute Gasteiger partial charge is 0.227 e. The molecule has 6 nitrogen and oxygen atoms in total. The highest BCUT2D eigenvalue weighted by Gasteiger charge is 2.36. The molecule has 0 saturated carbocycles. The highest BCUT2D eigenvalue weighted by atomic mass is 35.5. The number of nitrogens with zero attached hydrogens (tertiary/aromatic N) is 3. The number of carbonyl (C=O) groups excluding carboxylic acids is 1. The van der Waals surface area contributed by atoms with Gasteiger partial charge in [0.1, 0.15) is 11.6 Å². The molecule has 1 aliphatic heterocycles. The first-order chi connectivity index (χ1) is 14.1. The zero-order valence-corrected chi connectivity index (χ0v) is 17.4. The van der Waals surface area contributed by atoms with Gasteiger partial charge in [0.05, 0.1) is 30.4 Å². The van der Waals surface area contributed by atoms with E-state index in [4.69, 9.17) is 26.1 Å². The Balaban J connectivity index is 1.68. The molecule has 29 heavy (non-hydrogen) atoms. The number of fused-ring (bicyclic) bond motifs is 1. The van der Waals surface area contributed by atoms with Crippen LogP contribution in [0.1, 0.15) is 25.1 Å². The molecule has 1 saturated heterocycles. The van der Waals surface area contributed by atoms with Gasteiger partial charge < -0.3 is 18.9 Å². The van der Waals surface area contributed by atoms with Gasteiger partial charge in [0.25, 0.3) is 0 Å². The summed E-state index contributed by atoms with van der Waals surface area (Å²) >= 11 is 6.18. The van der Waals surface area contributed by atoms with E-state index in [1.165, 1.54) is 0 Å². The molecule has 0 aliphatic carbocycles. The van der Waals surface area contributed by atoms with Crippen molar-refractivity contribution < 1.29 is 14.3 Å². The largest absolute Gasteiger partial charge is 0.495 e. The molecule has 2 aromatic carbocycles. The molecular weight excluding hydrogens is 390 g/mol. The molecule has 1 aliphatic rings. The molecule has 4 rings (SSSR count). The lowest BCUT2D eigenvalue weighted by Crippen LogP contribution is -2.25. The second kappa shape index (κ2) is 8.43. The maximum absolute atomic E-state index is 12.9. The predicted molar refractivity (Wildman–Crippen MR) is 114 cm³/mol. The van der Waals surface area contributed by atoms with Crippen LogP contribution in [0.3, 0.4) is 0 Å². The first-order valence-electron chi connectivity index (χ1n) is 9.79. The van der Waals surface area contributed by atoms with E-state index >= 15 is 0 Å². The molecular formula is C22H24ClN3O3. The van der Waals surface area contributed by atoms with E-state index in [9.17, 15) is 4.79 Å². The highest BCUT2D eigenvalue weighted by Crippen LogP contribution is 2.38. The molecule has 0 N–H and O–H groups in total. The molecule has 0 unspecified atom stereocenters. The Morgan fingerprint density at radius 1 is 1.24 bits per heavy atom. The number of ether oxygens (including phenoxy) is 2. The molecule has 0 radical (unpaired) electrons. The van der Waals surface area contributed by atoms with Crippen LogP contribution in [0, 0.1) is 0 Å². The Labute approximate surface area is 175 Å². The van der Waals surface area contributed by atoms with Crippen molar-refractivity contribution in [1.29, 1.82) is 0 Å². The lowest BCUT2D eigenvalue weighted by atomic mass is 10.1. The normalized spacial score (nSPS) is 16.7. The minimum absolute atomic E-state index is 0.0137. The highest BCUT2D eigenvalue weighted by molar-refractivity contribution is 6.31. The maximum atomic E-state index is 12.9. The van der Waals surface area contributed by atoms with Gasteiger partial charge in [-0.25, -0.2) is 4.98 Å². The van der Waals surface area contributed by atoms with Gasteiger partial charge in [-0.05, 0) is 37.3 Å². The molecule has 7 heteroatoms. The van der Waals surface area contributed by atoms with E-state index in [0.29, 0.717) is 49.2 Å². The predicted octanol–water partition coefficient (Wildman–Crippen LogP) is 4.26. The molecule has 3 aromatic rings. The summed E-state index contributed by atoms with van der Waals surface area (Å²) in [5.41, 5.74) is 2.70. The summed E-state index contributed by atoms with van der Waals surface area (Å²) in [6.45, 7) is 4.50. The number of hydrogen-bond acceptors (Lipinski definition) is 4. The third-order valence-electron chi connectivity index (χ3n) is 5.27. The Morgan fingerprint density at radius 2 is 2.07 bits per heavy atom. The van der Waals surface area contributed by atoms with Gasteiger partial charge in [-0.15, -0.1) is 0 Å². The van der Waals surface area contributed by atoms with Crippen LogP contribution in [-0.4, -0.2) is 42.3 Å². The molecule has 1 amide bonds. The minimum atomic E-state index is -0.0137. The Morgan fingerprint density at radius 3 is 2.86 bits per heavy atom. The second-order valence-corrected chi connectivity index (χ2v) is 7.47. The molecule has 1 atom stereocenters. The fraction of sp³-hybridized carbons (Fsp3) is 0.364. The van der Waals surface area contributed by atoms with Crippen LogP contribution in [0.25, 0.3) is 11.0 Å². The van der Waals surface area contributed by atoms with Crippen LogP contribution in [-0.2, 0) is 16.1 Å². The van der Waals surface area contributed by atoms with E-state index in [-0.39, 0.29) is 11.8 Å². The Hall–Kier alpha value is -2.57. The summed E-state index contributed by atoms with van der Waals surface area (Å²) < 4.78 is 13.2. The van der Waals surface area contributed by atoms with Crippen LogP contribution in [0.5, 0.6) is 5.75 Å². The van der Waals surface area contributed by atoms with Crippen LogP contribution < -0.4 is 9.64 Å². The third-order valence-corrected chi connectivity index (χ3v) is 5.50. The Bertz CT molecular complexity index is 1030. The molecule has 1 aromatic heterocycles. The van der Waals surface area contributed by atoms with E-state index in [0.717, 1.165) is 16.9 Å². The zero-order valence-electron chi connectivity index (χ0n) is 16.6. The number of aromatic nitrogens is 2. The van der Waals surface area contributed by atoms with Gasteiger partial charge in [-0.3, -0.25) is 4.79 Å². The average Bonchev–Trinajstić information content (AvgIpc) is 3.29. The van der Waals surface area contributed by atoms with Crippen molar-refractivity contribution in [3.05, 3.63) is 53.3 Å². The van der Waals surface area contributed by atoms with Crippen molar-refractivity contribution in [2.24, 2.45) is 0 Å². The first kappa shape index (κ1) is 19.7. The van der Waals surface area contributed by atoms with Crippen molar-refractivity contribution in [2.45, 2.75) is 25.8 Å². The van der Waals surface area contributed by atoms with Crippen LogP contribution in [0.4, 0.5) is 5.69 Å². The standard InChI is InChI=1S/C22H24ClN3O3/c1-3-29-11-10-25-18-7-5-4-6-17(18)24-22(25)15-12-21(27)26(14-15)19-13-16(23)8-9-20(19)28-2/h4-9,13,15H,3,10-12,14H2,1-2H3/t15-/m1/s1. The second-order valence-electron chi connectivity index (χ2n) is 7.03. The molecule has 152 valence electrons. The quantitative estimate of drug-likeness (QED) is 0.543. The maximum Gasteiger partial charge on any atom is 0.227 e. The Kier molecular flexibility index (Phi) is 5.74. The summed E-state index contributed by atoms with van der Waals surface area (Å²) in [4.78, 5) is 19.5. The summed E-state index contributed by atoms with van der Waals surface area (Å²) in [5.74, 6) is 1.58. The van der Waals surface area contributed by atoms with Gasteiger partial charge in [0, 0.05) is 37.1 Å². The van der Waals surface area contributed by atoms with E-state index in [1.807, 2.05) is 25.1 Å². The lowest BCUT2D eigenvalue weighted by molar-refractivity contribution is -0.117. The van der Waals surface area contributed by atoms with Gasteiger partial charge in [-0.2, -0.15) is 0 Å². The molecule has 2 heterocycles. The average molecular weight is 414 g/mol. The number of imidazole rings is 1. The number of amides is 1. The monoisotopic (exact) mass is 413 g/mol. The van der Waals surface area contributed by atoms with Gasteiger partial charge in [0.15, 0.2) is 0 Å². The van der Waals surface area contributed by atoms with Gasteiger partial charge in [-0.1, -0.05) is 23.7 Å². The number of halogens is 1. The SMILES string of the molecule is CCOCCn1c([C@@H]2CC(=O)N(c3cc(Cl)ccc3OC)C2)nc2ccccc21. The molecule has 0 spiro atoms. The summed E-state index contributed by atoms with van der Waals surface area (Å²) in [7, 11) is 1.60. The van der Waals surface area contributed by atoms with Crippen molar-refractivity contribution in [3.8, 4) is 5.75 Å². The van der Waals surface area contributed by atoms with E-state index in [2.05, 4.69) is 10.6 Å². The van der Waals surface area contributed by atoms with E-state index < -0.39 is 0 Å². The first-order valence-corrected chi connectivity index (χ1v) is 10.2. The third kappa shape index (κ3) is 3.82. The number of methoxy groups -OCH3 is 1. The lowest BCUT2D eigenvalue weighted by Gasteiger charge is -2.20. The van der Waals surface area contributed by atoms with Crippen molar-refractivity contribution >= 4 is 34.2 Å². The summed E-state index contributed by atoms with van der Waals surface area (Å²) in [6, 6.07) is 13.4. The van der Waals surface area contributed by atoms with Crippen LogP contribution >= 0.6 is 11.6 Å². The summed E-state index contributed by atoms with van der Waals surface area (Å²) in [6.07, 6.45) is 0.396. The number of rotatable bonds is 7. The van der Waals surface area contributed by atoms with E-state index in [1.54, 1.807) is 30.2 Å². The van der Waals surface area contributed by atoms with Crippen LogP contribution in [0.15, 0.2) is 42.5 Å². The fourth-order valence-corrected chi connectivity index (χ4v) is 4.09. The number of carbonyl (C=O) groups is 1. The number of anilines is 1. The fourth-order valence-electron chi connectivity index (χ4n) is 3.93. The van der Waals surface area contributed by atoms with Gasteiger partial charge >= 0.3 is 0 Å². The number of para-hydroxylation sites is 2. The van der Waals surface area contributed by atoms with Crippen molar-refractivity contribution in [3.63, 3.8) is 0 Å². The molecule has 1 fully saturated rings. The zero-order chi connectivity index (χ0) is 20.4. The van der Waals surface area contributed by atoms with Gasteiger partial charge in [0.2, 0.25) is 5.91 Å². The molecule has 0 bridgehead atoms. The van der Waals surface area contributed by atoms with Crippen molar-refractivity contribution in [2.75, 3.05) is 31.8 Å². The number of benzene rings is 2. The van der Waals surface area contributed by atoms with Crippen LogP contribution in [0.2, 0.25) is 5.02 Å². The number of hydrogen-bond donors (Lipinski definition) is 0.